The molecule has 2 heteroatoms. The van der Waals surface area contributed by atoms with Crippen LogP contribution in [0.25, 0.3) is 0 Å². The van der Waals surface area contributed by atoms with Crippen LogP contribution < -0.4 is 5.32 Å². The maximum absolute atomic E-state index is 4.42. The Morgan fingerprint density at radius 3 is 2.81 bits per heavy atom. The summed E-state index contributed by atoms with van der Waals surface area (Å²) >= 11 is 0. The molecule has 1 aliphatic carbocycles. The summed E-state index contributed by atoms with van der Waals surface area (Å²) in [6, 6.07) is 4.81. The Balaban J connectivity index is 1.91. The molecule has 16 heavy (non-hydrogen) atoms. The van der Waals surface area contributed by atoms with E-state index in [0.717, 1.165) is 18.4 Å². The van der Waals surface area contributed by atoms with Crippen molar-refractivity contribution >= 4 is 0 Å². The molecule has 0 amide bonds. The summed E-state index contributed by atoms with van der Waals surface area (Å²) in [5.41, 5.74) is 2.47. The van der Waals surface area contributed by atoms with Crippen LogP contribution in [0.15, 0.2) is 18.3 Å². The molecule has 2 nitrogen and oxygen atoms in total. The first-order chi connectivity index (χ1) is 7.68. The highest BCUT2D eigenvalue weighted by atomic mass is 14.9. The SMILES string of the molecule is Cc1cccnc1CNC1CCC(C)C1C. The van der Waals surface area contributed by atoms with Gasteiger partial charge in [-0.3, -0.25) is 4.98 Å². The summed E-state index contributed by atoms with van der Waals surface area (Å²) in [5.74, 6) is 1.66. The number of rotatable bonds is 3. The molecule has 1 saturated carbocycles. The Morgan fingerprint density at radius 1 is 1.38 bits per heavy atom. The molecule has 0 bridgehead atoms. The van der Waals surface area contributed by atoms with Crippen LogP contribution in [0.5, 0.6) is 0 Å². The molecule has 88 valence electrons. The van der Waals surface area contributed by atoms with Gasteiger partial charge in [-0.2, -0.15) is 0 Å². The summed E-state index contributed by atoms with van der Waals surface area (Å²) < 4.78 is 0. The predicted octanol–water partition coefficient (Wildman–Crippen LogP) is 2.91. The Morgan fingerprint density at radius 2 is 2.19 bits per heavy atom. The third kappa shape index (κ3) is 2.43. The molecular formula is C14H22N2. The maximum Gasteiger partial charge on any atom is 0.0570 e. The summed E-state index contributed by atoms with van der Waals surface area (Å²) in [7, 11) is 0. The second-order valence-corrected chi connectivity index (χ2v) is 5.17. The molecule has 1 heterocycles. The molecule has 0 spiro atoms. The molecule has 1 aromatic rings. The van der Waals surface area contributed by atoms with Gasteiger partial charge in [-0.05, 0) is 43.2 Å². The van der Waals surface area contributed by atoms with E-state index >= 15 is 0 Å². The maximum atomic E-state index is 4.42. The topological polar surface area (TPSA) is 24.9 Å². The first-order valence-electron chi connectivity index (χ1n) is 6.32. The lowest BCUT2D eigenvalue weighted by atomic mass is 9.98. The molecular weight excluding hydrogens is 196 g/mol. The average molecular weight is 218 g/mol. The van der Waals surface area contributed by atoms with Crippen LogP contribution in [-0.2, 0) is 6.54 Å². The smallest absolute Gasteiger partial charge is 0.0570 e. The molecule has 2 rings (SSSR count). The van der Waals surface area contributed by atoms with Crippen molar-refractivity contribution in [3.05, 3.63) is 29.6 Å². The molecule has 3 atom stereocenters. The lowest BCUT2D eigenvalue weighted by Crippen LogP contribution is -2.32. The van der Waals surface area contributed by atoms with Crippen molar-refractivity contribution in [1.29, 1.82) is 0 Å². The van der Waals surface area contributed by atoms with E-state index in [1.807, 2.05) is 12.3 Å². The second kappa shape index (κ2) is 4.96. The molecule has 3 unspecified atom stereocenters. The van der Waals surface area contributed by atoms with Crippen LogP contribution in [0.3, 0.4) is 0 Å². The molecule has 0 aromatic carbocycles. The highest BCUT2D eigenvalue weighted by molar-refractivity contribution is 5.17. The number of hydrogen-bond acceptors (Lipinski definition) is 2. The fourth-order valence-electron chi connectivity index (χ4n) is 2.58. The van der Waals surface area contributed by atoms with Gasteiger partial charge in [0.25, 0.3) is 0 Å². The Bertz CT molecular complexity index is 348. The first kappa shape index (κ1) is 11.6. The average Bonchev–Trinajstić information content (AvgIpc) is 2.59. The normalized spacial score (nSPS) is 29.6. The zero-order chi connectivity index (χ0) is 11.5. The molecule has 0 saturated heterocycles. The summed E-state index contributed by atoms with van der Waals surface area (Å²) in [5, 5.41) is 3.66. The van der Waals surface area contributed by atoms with E-state index in [4.69, 9.17) is 0 Å². The van der Waals surface area contributed by atoms with Crippen molar-refractivity contribution in [1.82, 2.24) is 10.3 Å². The highest BCUT2D eigenvalue weighted by Gasteiger charge is 2.29. The summed E-state index contributed by atoms with van der Waals surface area (Å²) in [6.07, 6.45) is 4.55. The minimum Gasteiger partial charge on any atom is -0.308 e. The fourth-order valence-corrected chi connectivity index (χ4v) is 2.58. The number of nitrogens with one attached hydrogen (secondary N) is 1. The van der Waals surface area contributed by atoms with E-state index in [-0.39, 0.29) is 0 Å². The van der Waals surface area contributed by atoms with Gasteiger partial charge in [-0.1, -0.05) is 19.9 Å². The zero-order valence-electron chi connectivity index (χ0n) is 10.5. The van der Waals surface area contributed by atoms with Crippen molar-refractivity contribution in [3.63, 3.8) is 0 Å². The van der Waals surface area contributed by atoms with Gasteiger partial charge in [-0.15, -0.1) is 0 Å². The van der Waals surface area contributed by atoms with Crippen LogP contribution in [-0.4, -0.2) is 11.0 Å². The third-order valence-electron chi connectivity index (χ3n) is 4.11. The van der Waals surface area contributed by atoms with E-state index in [1.54, 1.807) is 0 Å². The number of aromatic nitrogens is 1. The lowest BCUT2D eigenvalue weighted by Gasteiger charge is -2.19. The summed E-state index contributed by atoms with van der Waals surface area (Å²) in [6.45, 7) is 7.76. The molecule has 0 radical (unpaired) electrons. The zero-order valence-corrected chi connectivity index (χ0v) is 10.5. The van der Waals surface area contributed by atoms with Crippen molar-refractivity contribution < 1.29 is 0 Å². The van der Waals surface area contributed by atoms with Gasteiger partial charge in [0.15, 0.2) is 0 Å². The van der Waals surface area contributed by atoms with Crippen LogP contribution in [0.1, 0.15) is 37.9 Å². The Kier molecular flexibility index (Phi) is 3.59. The van der Waals surface area contributed by atoms with Gasteiger partial charge >= 0.3 is 0 Å². The van der Waals surface area contributed by atoms with Crippen LogP contribution in [0, 0.1) is 18.8 Å². The fraction of sp³-hybridized carbons (Fsp3) is 0.643. The van der Waals surface area contributed by atoms with Crippen LogP contribution in [0.4, 0.5) is 0 Å². The molecule has 0 aliphatic heterocycles. The second-order valence-electron chi connectivity index (χ2n) is 5.17. The first-order valence-corrected chi connectivity index (χ1v) is 6.32. The van der Waals surface area contributed by atoms with Gasteiger partial charge in [0.2, 0.25) is 0 Å². The lowest BCUT2D eigenvalue weighted by molar-refractivity contribution is 0.368. The number of pyridine rings is 1. The standard InChI is InChI=1S/C14H22N2/c1-10-6-7-13(12(10)3)16-9-14-11(2)5-4-8-15-14/h4-5,8,10,12-13,16H,6-7,9H2,1-3H3. The van der Waals surface area contributed by atoms with E-state index in [9.17, 15) is 0 Å². The van der Waals surface area contributed by atoms with Crippen molar-refractivity contribution in [2.75, 3.05) is 0 Å². The van der Waals surface area contributed by atoms with Crippen molar-refractivity contribution in [2.45, 2.75) is 46.2 Å². The molecule has 1 fully saturated rings. The number of aryl methyl sites for hydroxylation is 1. The van der Waals surface area contributed by atoms with Crippen LogP contribution >= 0.6 is 0 Å². The van der Waals surface area contributed by atoms with Crippen LogP contribution in [0.2, 0.25) is 0 Å². The van der Waals surface area contributed by atoms with Gasteiger partial charge in [0.05, 0.1) is 5.69 Å². The third-order valence-corrected chi connectivity index (χ3v) is 4.11. The van der Waals surface area contributed by atoms with E-state index < -0.39 is 0 Å². The Hall–Kier alpha value is -0.890. The van der Waals surface area contributed by atoms with Gasteiger partial charge in [-0.25, -0.2) is 0 Å². The Labute approximate surface area is 98.5 Å². The quantitative estimate of drug-likeness (QED) is 0.843. The molecule has 1 N–H and O–H groups in total. The van der Waals surface area contributed by atoms with Gasteiger partial charge in [0.1, 0.15) is 0 Å². The minimum atomic E-state index is 0.677. The monoisotopic (exact) mass is 218 g/mol. The van der Waals surface area contributed by atoms with E-state index in [2.05, 4.69) is 37.1 Å². The van der Waals surface area contributed by atoms with E-state index in [0.29, 0.717) is 6.04 Å². The number of nitrogens with zero attached hydrogens (tertiary/aromatic N) is 1. The van der Waals surface area contributed by atoms with Gasteiger partial charge in [0, 0.05) is 18.8 Å². The number of hydrogen-bond donors (Lipinski definition) is 1. The molecule has 1 aromatic heterocycles. The summed E-state index contributed by atoms with van der Waals surface area (Å²) in [4.78, 5) is 4.42. The van der Waals surface area contributed by atoms with Crippen molar-refractivity contribution in [2.24, 2.45) is 11.8 Å². The largest absolute Gasteiger partial charge is 0.308 e. The predicted molar refractivity (Wildman–Crippen MR) is 67.2 cm³/mol. The highest BCUT2D eigenvalue weighted by Crippen LogP contribution is 2.31. The van der Waals surface area contributed by atoms with Crippen molar-refractivity contribution in [3.8, 4) is 0 Å². The van der Waals surface area contributed by atoms with E-state index in [1.165, 1.54) is 24.1 Å². The minimum absolute atomic E-state index is 0.677. The van der Waals surface area contributed by atoms with Gasteiger partial charge < -0.3 is 5.32 Å². The molecule has 1 aliphatic rings.